The van der Waals surface area contributed by atoms with E-state index in [4.69, 9.17) is 4.74 Å². The van der Waals surface area contributed by atoms with Gasteiger partial charge in [-0.1, -0.05) is 13.0 Å². The third kappa shape index (κ3) is 3.14. The first-order chi connectivity index (χ1) is 11.1. The first kappa shape index (κ1) is 15.7. The number of nitrogens with zero attached hydrogens (tertiary/aromatic N) is 4. The zero-order valence-corrected chi connectivity index (χ0v) is 13.8. The molecule has 1 aliphatic heterocycles. The molecule has 0 saturated carbocycles. The van der Waals surface area contributed by atoms with Crippen LogP contribution in [0.2, 0.25) is 0 Å². The number of amides is 2. The second-order valence-corrected chi connectivity index (χ2v) is 6.02. The average molecular weight is 317 g/mol. The predicted molar refractivity (Wildman–Crippen MR) is 86.1 cm³/mol. The second kappa shape index (κ2) is 6.54. The van der Waals surface area contributed by atoms with Gasteiger partial charge in [-0.25, -0.2) is 4.79 Å². The number of urea groups is 1. The number of rotatable bonds is 3. The Bertz CT molecular complexity index is 686. The molecular weight excluding hydrogens is 294 g/mol. The predicted octanol–water partition coefficient (Wildman–Crippen LogP) is 2.00. The Morgan fingerprint density at radius 1 is 1.48 bits per heavy atom. The molecule has 0 radical (unpaired) electrons. The Morgan fingerprint density at radius 2 is 2.30 bits per heavy atom. The summed E-state index contributed by atoms with van der Waals surface area (Å²) in [5.74, 6) is 0.725. The number of carbonyl (C=O) groups excluding carboxylic acids is 1. The number of hydrogen-bond acceptors (Lipinski definition) is 4. The number of carbonyl (C=O) groups is 1. The van der Waals surface area contributed by atoms with Crippen LogP contribution in [0.3, 0.4) is 0 Å². The molecule has 0 unspecified atom stereocenters. The molecule has 1 saturated heterocycles. The van der Waals surface area contributed by atoms with Gasteiger partial charge in [0.15, 0.2) is 11.5 Å². The monoisotopic (exact) mass is 317 g/mol. The SMILES string of the molecule is CC[C@@H]1CO[C@@H](C)CN1C(=O)N[C@@H](C)c1nnc2ccccn12. The molecule has 3 rings (SSSR count). The van der Waals surface area contributed by atoms with Crippen LogP contribution in [0.25, 0.3) is 5.65 Å². The minimum Gasteiger partial charge on any atom is -0.375 e. The molecule has 2 aromatic rings. The van der Waals surface area contributed by atoms with E-state index < -0.39 is 0 Å². The molecule has 3 atom stereocenters. The van der Waals surface area contributed by atoms with Gasteiger partial charge in [0.1, 0.15) is 0 Å². The Morgan fingerprint density at radius 3 is 3.09 bits per heavy atom. The lowest BCUT2D eigenvalue weighted by molar-refractivity contribution is -0.0381. The third-order valence-corrected chi connectivity index (χ3v) is 4.27. The number of fused-ring (bicyclic) bond motifs is 1. The topological polar surface area (TPSA) is 71.8 Å². The molecule has 0 bridgehead atoms. The Kier molecular flexibility index (Phi) is 4.47. The zero-order chi connectivity index (χ0) is 16.4. The quantitative estimate of drug-likeness (QED) is 0.940. The van der Waals surface area contributed by atoms with Crippen LogP contribution >= 0.6 is 0 Å². The first-order valence-electron chi connectivity index (χ1n) is 8.08. The molecule has 23 heavy (non-hydrogen) atoms. The lowest BCUT2D eigenvalue weighted by Crippen LogP contribution is -2.54. The van der Waals surface area contributed by atoms with Crippen molar-refractivity contribution in [1.29, 1.82) is 0 Å². The van der Waals surface area contributed by atoms with Gasteiger partial charge in [-0.3, -0.25) is 4.40 Å². The van der Waals surface area contributed by atoms with E-state index in [1.165, 1.54) is 0 Å². The molecule has 7 heteroatoms. The summed E-state index contributed by atoms with van der Waals surface area (Å²) in [7, 11) is 0. The molecule has 0 aromatic carbocycles. The van der Waals surface area contributed by atoms with Crippen molar-refractivity contribution >= 4 is 11.7 Å². The molecule has 1 N–H and O–H groups in total. The smallest absolute Gasteiger partial charge is 0.318 e. The summed E-state index contributed by atoms with van der Waals surface area (Å²) in [4.78, 5) is 14.5. The van der Waals surface area contributed by atoms with Gasteiger partial charge in [0.2, 0.25) is 0 Å². The number of nitrogens with one attached hydrogen (secondary N) is 1. The van der Waals surface area contributed by atoms with E-state index >= 15 is 0 Å². The summed E-state index contributed by atoms with van der Waals surface area (Å²) in [6, 6.07) is 5.54. The van der Waals surface area contributed by atoms with Crippen molar-refractivity contribution in [2.24, 2.45) is 0 Å². The average Bonchev–Trinajstić information content (AvgIpc) is 2.98. The Labute approximate surface area is 135 Å². The molecule has 2 amide bonds. The van der Waals surface area contributed by atoms with E-state index in [0.29, 0.717) is 13.2 Å². The Balaban J connectivity index is 1.73. The van der Waals surface area contributed by atoms with E-state index in [1.54, 1.807) is 0 Å². The third-order valence-electron chi connectivity index (χ3n) is 4.27. The van der Waals surface area contributed by atoms with Crippen LogP contribution in [-0.4, -0.2) is 50.8 Å². The highest BCUT2D eigenvalue weighted by molar-refractivity contribution is 5.75. The first-order valence-corrected chi connectivity index (χ1v) is 8.08. The van der Waals surface area contributed by atoms with Crippen LogP contribution in [0.4, 0.5) is 4.79 Å². The van der Waals surface area contributed by atoms with Crippen LogP contribution < -0.4 is 5.32 Å². The van der Waals surface area contributed by atoms with Gasteiger partial charge in [0.05, 0.1) is 24.8 Å². The maximum absolute atomic E-state index is 12.7. The van der Waals surface area contributed by atoms with E-state index in [1.807, 2.05) is 47.5 Å². The standard InChI is InChI=1S/C16H23N5O2/c1-4-13-10-23-11(2)9-21(13)16(22)17-12(3)15-19-18-14-7-5-6-8-20(14)15/h5-8,11-13H,4,9-10H2,1-3H3,(H,17,22)/t11-,12-,13+/m0/s1. The summed E-state index contributed by atoms with van der Waals surface area (Å²) in [6.45, 7) is 7.18. The normalized spacial score (nSPS) is 23.0. The van der Waals surface area contributed by atoms with Crippen LogP contribution in [-0.2, 0) is 4.74 Å². The zero-order valence-electron chi connectivity index (χ0n) is 13.8. The molecule has 7 nitrogen and oxygen atoms in total. The van der Waals surface area contributed by atoms with Gasteiger partial charge in [-0.2, -0.15) is 0 Å². The fraction of sp³-hybridized carbons (Fsp3) is 0.562. The van der Waals surface area contributed by atoms with Gasteiger partial charge in [0.25, 0.3) is 0 Å². The molecule has 2 aromatic heterocycles. The lowest BCUT2D eigenvalue weighted by atomic mass is 10.1. The lowest BCUT2D eigenvalue weighted by Gasteiger charge is -2.38. The number of pyridine rings is 1. The van der Waals surface area contributed by atoms with Crippen molar-refractivity contribution in [1.82, 2.24) is 24.8 Å². The largest absolute Gasteiger partial charge is 0.375 e. The van der Waals surface area contributed by atoms with Crippen molar-refractivity contribution in [2.75, 3.05) is 13.2 Å². The van der Waals surface area contributed by atoms with Gasteiger partial charge < -0.3 is 15.0 Å². The van der Waals surface area contributed by atoms with Crippen molar-refractivity contribution in [3.8, 4) is 0 Å². The van der Waals surface area contributed by atoms with Crippen molar-refractivity contribution in [2.45, 2.75) is 45.4 Å². The number of hydrogen-bond donors (Lipinski definition) is 1. The number of aromatic nitrogens is 3. The van der Waals surface area contributed by atoms with Crippen LogP contribution in [0.1, 0.15) is 39.1 Å². The van der Waals surface area contributed by atoms with E-state index in [2.05, 4.69) is 22.4 Å². The van der Waals surface area contributed by atoms with E-state index in [9.17, 15) is 4.79 Å². The molecule has 3 heterocycles. The number of ether oxygens (including phenoxy) is 1. The Hall–Kier alpha value is -2.15. The minimum absolute atomic E-state index is 0.0628. The molecule has 124 valence electrons. The fourth-order valence-electron chi connectivity index (χ4n) is 2.92. The maximum atomic E-state index is 12.7. The van der Waals surface area contributed by atoms with E-state index in [-0.39, 0.29) is 24.2 Å². The molecule has 1 aliphatic rings. The van der Waals surface area contributed by atoms with Crippen LogP contribution in [0.15, 0.2) is 24.4 Å². The highest BCUT2D eigenvalue weighted by Crippen LogP contribution is 2.17. The second-order valence-electron chi connectivity index (χ2n) is 6.02. The molecular formula is C16H23N5O2. The molecule has 0 spiro atoms. The van der Waals surface area contributed by atoms with Crippen molar-refractivity contribution in [3.05, 3.63) is 30.2 Å². The maximum Gasteiger partial charge on any atom is 0.318 e. The minimum atomic E-state index is -0.226. The molecule has 1 fully saturated rings. The van der Waals surface area contributed by atoms with Crippen LogP contribution in [0, 0.1) is 0 Å². The van der Waals surface area contributed by atoms with Crippen molar-refractivity contribution in [3.63, 3.8) is 0 Å². The summed E-state index contributed by atoms with van der Waals surface area (Å²) < 4.78 is 7.54. The van der Waals surface area contributed by atoms with Gasteiger partial charge >= 0.3 is 6.03 Å². The highest BCUT2D eigenvalue weighted by atomic mass is 16.5. The van der Waals surface area contributed by atoms with Crippen molar-refractivity contribution < 1.29 is 9.53 Å². The number of morpholine rings is 1. The van der Waals surface area contributed by atoms with Crippen LogP contribution in [0.5, 0.6) is 0 Å². The molecule has 0 aliphatic carbocycles. The summed E-state index contributed by atoms with van der Waals surface area (Å²) in [5.41, 5.74) is 0.773. The van der Waals surface area contributed by atoms with Gasteiger partial charge in [0, 0.05) is 12.7 Å². The highest BCUT2D eigenvalue weighted by Gasteiger charge is 2.30. The summed E-state index contributed by atoms with van der Waals surface area (Å²) in [5, 5.41) is 11.4. The fourth-order valence-corrected chi connectivity index (χ4v) is 2.92. The van der Waals surface area contributed by atoms with Gasteiger partial charge in [-0.15, -0.1) is 10.2 Å². The van der Waals surface area contributed by atoms with Gasteiger partial charge in [-0.05, 0) is 32.4 Å². The van der Waals surface area contributed by atoms with E-state index in [0.717, 1.165) is 17.9 Å². The summed E-state index contributed by atoms with van der Waals surface area (Å²) in [6.07, 6.45) is 2.84. The summed E-state index contributed by atoms with van der Waals surface area (Å²) >= 11 is 0.